The zero-order valence-corrected chi connectivity index (χ0v) is 12.2. The maximum Gasteiger partial charge on any atom is 0.252 e. The molecule has 0 saturated carbocycles. The van der Waals surface area contributed by atoms with Gasteiger partial charge in [0, 0.05) is 18.5 Å². The van der Waals surface area contributed by atoms with Crippen molar-refractivity contribution in [2.24, 2.45) is 16.3 Å². The van der Waals surface area contributed by atoms with Crippen LogP contribution in [0.1, 0.15) is 19.8 Å². The molecule has 0 aliphatic carbocycles. The van der Waals surface area contributed by atoms with Crippen LogP contribution in [0.2, 0.25) is 0 Å². The first-order valence-electron chi connectivity index (χ1n) is 5.92. The van der Waals surface area contributed by atoms with Crippen molar-refractivity contribution in [1.29, 1.82) is 0 Å². The van der Waals surface area contributed by atoms with Crippen LogP contribution in [-0.4, -0.2) is 36.9 Å². The minimum Gasteiger partial charge on any atom is -0.409 e. The molecule has 6 nitrogen and oxygen atoms in total. The summed E-state index contributed by atoms with van der Waals surface area (Å²) in [5.74, 6) is 0.167. The molecule has 0 atom stereocenters. The van der Waals surface area contributed by atoms with Crippen molar-refractivity contribution in [1.82, 2.24) is 4.31 Å². The molecular formula is C11H17N3O3S2. The van der Waals surface area contributed by atoms with Crippen LogP contribution in [0.5, 0.6) is 0 Å². The second-order valence-electron chi connectivity index (χ2n) is 4.88. The molecule has 1 aromatic rings. The first-order chi connectivity index (χ1) is 8.90. The van der Waals surface area contributed by atoms with Crippen molar-refractivity contribution in [3.63, 3.8) is 0 Å². The van der Waals surface area contributed by atoms with Crippen molar-refractivity contribution >= 4 is 27.2 Å². The van der Waals surface area contributed by atoms with Crippen molar-refractivity contribution in [3.8, 4) is 0 Å². The van der Waals surface area contributed by atoms with E-state index in [0.717, 1.165) is 0 Å². The molecule has 0 radical (unpaired) electrons. The number of sulfonamides is 1. The summed E-state index contributed by atoms with van der Waals surface area (Å²) in [6, 6.07) is 3.33. The smallest absolute Gasteiger partial charge is 0.252 e. The van der Waals surface area contributed by atoms with E-state index >= 15 is 0 Å². The van der Waals surface area contributed by atoms with Crippen LogP contribution in [0.15, 0.2) is 26.9 Å². The average Bonchev–Trinajstić information content (AvgIpc) is 2.93. The number of nitrogens with two attached hydrogens (primary N) is 1. The number of hydrogen-bond donors (Lipinski definition) is 2. The summed E-state index contributed by atoms with van der Waals surface area (Å²) in [7, 11) is -3.39. The van der Waals surface area contributed by atoms with Crippen LogP contribution in [0.25, 0.3) is 0 Å². The van der Waals surface area contributed by atoms with E-state index in [-0.39, 0.29) is 5.84 Å². The van der Waals surface area contributed by atoms with Crippen molar-refractivity contribution in [3.05, 3.63) is 17.5 Å². The van der Waals surface area contributed by atoms with Gasteiger partial charge in [-0.15, -0.1) is 11.3 Å². The van der Waals surface area contributed by atoms with Gasteiger partial charge in [0.1, 0.15) is 10.0 Å². The maximum atomic E-state index is 12.3. The van der Waals surface area contributed by atoms with E-state index in [2.05, 4.69) is 5.16 Å². The van der Waals surface area contributed by atoms with Gasteiger partial charge in [0.25, 0.3) is 10.0 Å². The van der Waals surface area contributed by atoms with Crippen LogP contribution >= 0.6 is 11.3 Å². The average molecular weight is 303 g/mol. The second kappa shape index (κ2) is 5.10. The largest absolute Gasteiger partial charge is 0.409 e. The minimum absolute atomic E-state index is 0.167. The third kappa shape index (κ3) is 2.60. The highest BCUT2D eigenvalue weighted by Crippen LogP contribution is 2.34. The lowest BCUT2D eigenvalue weighted by molar-refractivity contribution is 0.230. The highest BCUT2D eigenvalue weighted by atomic mass is 32.2. The Morgan fingerprint density at radius 2 is 2.16 bits per heavy atom. The second-order valence-corrected chi connectivity index (χ2v) is 7.99. The van der Waals surface area contributed by atoms with Gasteiger partial charge in [-0.2, -0.15) is 4.31 Å². The van der Waals surface area contributed by atoms with Crippen LogP contribution in [-0.2, 0) is 10.0 Å². The molecule has 1 saturated heterocycles. The van der Waals surface area contributed by atoms with E-state index in [1.165, 1.54) is 15.6 Å². The Labute approximate surface area is 116 Å². The Hall–Kier alpha value is -1.12. The lowest BCUT2D eigenvalue weighted by Crippen LogP contribution is -2.47. The molecule has 0 aromatic carbocycles. The Morgan fingerprint density at radius 3 is 2.63 bits per heavy atom. The van der Waals surface area contributed by atoms with Crippen molar-refractivity contribution in [2.45, 2.75) is 24.0 Å². The normalized spacial score (nSPS) is 21.4. The molecule has 0 amide bonds. The molecule has 0 bridgehead atoms. The number of nitrogens with zero attached hydrogens (tertiary/aromatic N) is 2. The van der Waals surface area contributed by atoms with Gasteiger partial charge in [0.15, 0.2) is 0 Å². The Kier molecular flexibility index (Phi) is 3.84. The molecule has 0 unspecified atom stereocenters. The lowest BCUT2D eigenvalue weighted by atomic mass is 9.80. The molecule has 0 spiro atoms. The third-order valence-electron chi connectivity index (χ3n) is 3.64. The van der Waals surface area contributed by atoms with E-state index in [1.807, 2.05) is 6.92 Å². The van der Waals surface area contributed by atoms with E-state index in [1.54, 1.807) is 17.5 Å². The lowest BCUT2D eigenvalue weighted by Gasteiger charge is -2.37. The van der Waals surface area contributed by atoms with Gasteiger partial charge in [0.2, 0.25) is 0 Å². The molecular weight excluding hydrogens is 286 g/mol. The fourth-order valence-electron chi connectivity index (χ4n) is 2.13. The maximum absolute atomic E-state index is 12.3. The number of amidine groups is 1. The van der Waals surface area contributed by atoms with Crippen LogP contribution in [0, 0.1) is 5.41 Å². The van der Waals surface area contributed by atoms with E-state index < -0.39 is 15.4 Å². The van der Waals surface area contributed by atoms with Gasteiger partial charge >= 0.3 is 0 Å². The molecule has 1 aliphatic heterocycles. The SMILES string of the molecule is CC1(/C(N)=N/O)CCN(S(=O)(=O)c2cccs2)CC1. The topological polar surface area (TPSA) is 96.0 Å². The minimum atomic E-state index is -3.39. The number of hydrogen-bond acceptors (Lipinski definition) is 5. The predicted octanol–water partition coefficient (Wildman–Crippen LogP) is 1.29. The summed E-state index contributed by atoms with van der Waals surface area (Å²) in [6.45, 7) is 2.65. The predicted molar refractivity (Wildman–Crippen MR) is 73.8 cm³/mol. The summed E-state index contributed by atoms with van der Waals surface area (Å²) in [5.41, 5.74) is 5.23. The molecule has 2 rings (SSSR count). The van der Waals surface area contributed by atoms with E-state index in [4.69, 9.17) is 10.9 Å². The zero-order chi connectivity index (χ0) is 14.1. The standard InChI is InChI=1S/C11H17N3O3S2/c1-11(10(12)13-15)4-6-14(7-5-11)19(16,17)9-3-2-8-18-9/h2-3,8,15H,4-7H2,1H3,(H2,12,13). The first-order valence-corrected chi connectivity index (χ1v) is 8.24. The number of thiophene rings is 1. The fourth-order valence-corrected chi connectivity index (χ4v) is 4.72. The monoisotopic (exact) mass is 303 g/mol. The summed E-state index contributed by atoms with van der Waals surface area (Å²) < 4.78 is 26.5. The highest BCUT2D eigenvalue weighted by molar-refractivity contribution is 7.91. The van der Waals surface area contributed by atoms with Crippen LogP contribution < -0.4 is 5.73 Å². The van der Waals surface area contributed by atoms with E-state index in [9.17, 15) is 8.42 Å². The van der Waals surface area contributed by atoms with E-state index in [0.29, 0.717) is 30.1 Å². The Balaban J connectivity index is 2.13. The first kappa shape index (κ1) is 14.3. The summed E-state index contributed by atoms with van der Waals surface area (Å²) in [5, 5.41) is 13.6. The van der Waals surface area contributed by atoms with Gasteiger partial charge in [-0.05, 0) is 24.3 Å². The molecule has 19 heavy (non-hydrogen) atoms. The summed E-state index contributed by atoms with van der Waals surface area (Å²) >= 11 is 1.22. The summed E-state index contributed by atoms with van der Waals surface area (Å²) in [4.78, 5) is 0. The van der Waals surface area contributed by atoms with Crippen LogP contribution in [0.3, 0.4) is 0 Å². The number of piperidine rings is 1. The van der Waals surface area contributed by atoms with Gasteiger partial charge < -0.3 is 10.9 Å². The molecule has 1 aliphatic rings. The number of oxime groups is 1. The van der Waals surface area contributed by atoms with Gasteiger partial charge in [-0.3, -0.25) is 0 Å². The van der Waals surface area contributed by atoms with Gasteiger partial charge in [-0.1, -0.05) is 18.1 Å². The van der Waals surface area contributed by atoms with Gasteiger partial charge in [-0.25, -0.2) is 8.42 Å². The fraction of sp³-hybridized carbons (Fsp3) is 0.545. The molecule has 1 fully saturated rings. The summed E-state index contributed by atoms with van der Waals surface area (Å²) in [6.07, 6.45) is 1.10. The molecule has 106 valence electrons. The molecule has 1 aromatic heterocycles. The van der Waals surface area contributed by atoms with Gasteiger partial charge in [0.05, 0.1) is 0 Å². The quantitative estimate of drug-likeness (QED) is 0.380. The van der Waals surface area contributed by atoms with Crippen LogP contribution in [0.4, 0.5) is 0 Å². The molecule has 8 heteroatoms. The van der Waals surface area contributed by atoms with Crippen molar-refractivity contribution in [2.75, 3.05) is 13.1 Å². The molecule has 3 N–H and O–H groups in total. The third-order valence-corrected chi connectivity index (χ3v) is 6.91. The Morgan fingerprint density at radius 1 is 1.53 bits per heavy atom. The molecule has 2 heterocycles. The number of rotatable bonds is 3. The zero-order valence-electron chi connectivity index (χ0n) is 10.6. The Bertz CT molecular complexity index is 558. The highest BCUT2D eigenvalue weighted by Gasteiger charge is 2.38. The van der Waals surface area contributed by atoms with Crippen molar-refractivity contribution < 1.29 is 13.6 Å².